The number of nitrogens with zero attached hydrogens (tertiary/aromatic N) is 2. The standard InChI is InChI=1S/C17H16N2/c1-14(15-8-4-2-5-9-15)16-12-18-19(13-16)17-10-6-3-7-11-17/h2-14H,1H3. The Morgan fingerprint density at radius 3 is 2.16 bits per heavy atom. The van der Waals surface area contributed by atoms with Gasteiger partial charge in [-0.1, -0.05) is 55.5 Å². The quantitative estimate of drug-likeness (QED) is 0.684. The van der Waals surface area contributed by atoms with Gasteiger partial charge in [-0.15, -0.1) is 0 Å². The summed E-state index contributed by atoms with van der Waals surface area (Å²) < 4.78 is 1.93. The van der Waals surface area contributed by atoms with Crippen molar-refractivity contribution in [2.24, 2.45) is 0 Å². The number of para-hydroxylation sites is 1. The van der Waals surface area contributed by atoms with Crippen molar-refractivity contribution < 1.29 is 0 Å². The van der Waals surface area contributed by atoms with Crippen molar-refractivity contribution in [1.82, 2.24) is 9.78 Å². The van der Waals surface area contributed by atoms with E-state index in [4.69, 9.17) is 0 Å². The molecule has 0 spiro atoms. The lowest BCUT2D eigenvalue weighted by Crippen LogP contribution is -1.95. The van der Waals surface area contributed by atoms with Gasteiger partial charge in [0.15, 0.2) is 0 Å². The molecule has 1 aromatic heterocycles. The highest BCUT2D eigenvalue weighted by atomic mass is 15.3. The molecule has 0 aliphatic rings. The molecule has 1 heterocycles. The molecule has 2 nitrogen and oxygen atoms in total. The smallest absolute Gasteiger partial charge is 0.0645 e. The van der Waals surface area contributed by atoms with E-state index >= 15 is 0 Å². The number of benzene rings is 2. The third-order valence-corrected chi connectivity index (χ3v) is 3.42. The molecule has 0 aliphatic carbocycles. The van der Waals surface area contributed by atoms with Crippen LogP contribution in [-0.4, -0.2) is 9.78 Å². The highest BCUT2D eigenvalue weighted by Gasteiger charge is 2.10. The van der Waals surface area contributed by atoms with Crippen molar-refractivity contribution in [3.63, 3.8) is 0 Å². The maximum absolute atomic E-state index is 4.45. The molecule has 1 unspecified atom stereocenters. The third kappa shape index (κ3) is 2.43. The summed E-state index contributed by atoms with van der Waals surface area (Å²) in [6.07, 6.45) is 4.05. The fourth-order valence-corrected chi connectivity index (χ4v) is 2.22. The number of rotatable bonds is 3. The normalized spacial score (nSPS) is 12.3. The molecule has 19 heavy (non-hydrogen) atoms. The lowest BCUT2D eigenvalue weighted by molar-refractivity contribution is 0.876. The molecule has 0 radical (unpaired) electrons. The van der Waals surface area contributed by atoms with Crippen molar-refractivity contribution in [1.29, 1.82) is 0 Å². The third-order valence-electron chi connectivity index (χ3n) is 3.42. The highest BCUT2D eigenvalue weighted by Crippen LogP contribution is 2.23. The first kappa shape index (κ1) is 11.7. The summed E-state index contributed by atoms with van der Waals surface area (Å²) in [6, 6.07) is 20.7. The van der Waals surface area contributed by atoms with Crippen molar-refractivity contribution in [3.8, 4) is 5.69 Å². The summed E-state index contributed by atoms with van der Waals surface area (Å²) in [4.78, 5) is 0. The number of aromatic nitrogens is 2. The molecule has 0 bridgehead atoms. The van der Waals surface area contributed by atoms with Gasteiger partial charge in [-0.25, -0.2) is 4.68 Å². The Kier molecular flexibility index (Phi) is 3.15. The van der Waals surface area contributed by atoms with E-state index in [1.807, 2.05) is 35.1 Å². The van der Waals surface area contributed by atoms with Crippen LogP contribution in [0.25, 0.3) is 5.69 Å². The summed E-state index contributed by atoms with van der Waals surface area (Å²) >= 11 is 0. The topological polar surface area (TPSA) is 17.8 Å². The van der Waals surface area contributed by atoms with E-state index in [0.717, 1.165) is 5.69 Å². The average Bonchev–Trinajstić information content (AvgIpc) is 2.98. The fraction of sp³-hybridized carbons (Fsp3) is 0.118. The zero-order chi connectivity index (χ0) is 13.1. The average molecular weight is 248 g/mol. The molecule has 0 amide bonds. The zero-order valence-corrected chi connectivity index (χ0v) is 10.9. The summed E-state index contributed by atoms with van der Waals surface area (Å²) in [6.45, 7) is 2.21. The van der Waals surface area contributed by atoms with Crippen LogP contribution >= 0.6 is 0 Å². The van der Waals surface area contributed by atoms with Gasteiger partial charge in [-0.05, 0) is 23.3 Å². The molecule has 3 aromatic rings. The molecule has 3 rings (SSSR count). The minimum Gasteiger partial charge on any atom is -0.241 e. The number of hydrogen-bond acceptors (Lipinski definition) is 1. The van der Waals surface area contributed by atoms with Crippen LogP contribution in [-0.2, 0) is 0 Å². The molecule has 0 saturated heterocycles. The SMILES string of the molecule is CC(c1ccccc1)c1cnn(-c2ccccc2)c1. The maximum Gasteiger partial charge on any atom is 0.0645 e. The fourth-order valence-electron chi connectivity index (χ4n) is 2.22. The molecule has 2 aromatic carbocycles. The van der Waals surface area contributed by atoms with Gasteiger partial charge in [0.05, 0.1) is 11.9 Å². The Bertz CT molecular complexity index is 641. The molecular formula is C17H16N2. The number of hydrogen-bond donors (Lipinski definition) is 0. The van der Waals surface area contributed by atoms with Crippen LogP contribution in [0.5, 0.6) is 0 Å². The minimum atomic E-state index is 0.360. The van der Waals surface area contributed by atoms with Crippen LogP contribution in [0.1, 0.15) is 24.0 Å². The Balaban J connectivity index is 1.90. The summed E-state index contributed by atoms with van der Waals surface area (Å²) in [5.41, 5.74) is 3.64. The van der Waals surface area contributed by atoms with E-state index < -0.39 is 0 Å². The van der Waals surface area contributed by atoms with Gasteiger partial charge in [0.2, 0.25) is 0 Å². The van der Waals surface area contributed by atoms with Crippen molar-refractivity contribution >= 4 is 0 Å². The molecule has 94 valence electrons. The Labute approximate surface area is 113 Å². The maximum atomic E-state index is 4.45. The monoisotopic (exact) mass is 248 g/mol. The van der Waals surface area contributed by atoms with Gasteiger partial charge < -0.3 is 0 Å². The van der Waals surface area contributed by atoms with E-state index in [0.29, 0.717) is 5.92 Å². The Morgan fingerprint density at radius 1 is 0.842 bits per heavy atom. The first-order valence-electron chi connectivity index (χ1n) is 6.49. The summed E-state index contributed by atoms with van der Waals surface area (Å²) in [5, 5.41) is 4.45. The molecular weight excluding hydrogens is 232 g/mol. The first-order valence-corrected chi connectivity index (χ1v) is 6.49. The molecule has 0 saturated carbocycles. The van der Waals surface area contributed by atoms with Gasteiger partial charge in [0.25, 0.3) is 0 Å². The van der Waals surface area contributed by atoms with Crippen LogP contribution in [0.4, 0.5) is 0 Å². The van der Waals surface area contributed by atoms with Gasteiger partial charge in [0, 0.05) is 12.1 Å². The highest BCUT2D eigenvalue weighted by molar-refractivity contribution is 5.34. The molecule has 0 fully saturated rings. The lowest BCUT2D eigenvalue weighted by Gasteiger charge is -2.08. The Morgan fingerprint density at radius 2 is 1.47 bits per heavy atom. The van der Waals surface area contributed by atoms with Crippen LogP contribution in [0.2, 0.25) is 0 Å². The van der Waals surface area contributed by atoms with Gasteiger partial charge in [0.1, 0.15) is 0 Å². The second kappa shape index (κ2) is 5.11. The molecule has 0 aliphatic heterocycles. The predicted molar refractivity (Wildman–Crippen MR) is 77.5 cm³/mol. The van der Waals surface area contributed by atoms with Gasteiger partial charge >= 0.3 is 0 Å². The first-order chi connectivity index (χ1) is 9.34. The summed E-state index contributed by atoms with van der Waals surface area (Å²) in [5.74, 6) is 0.360. The molecule has 1 atom stereocenters. The summed E-state index contributed by atoms with van der Waals surface area (Å²) in [7, 11) is 0. The minimum absolute atomic E-state index is 0.360. The second-order valence-electron chi connectivity index (χ2n) is 4.69. The molecule has 0 N–H and O–H groups in total. The molecule has 2 heteroatoms. The Hall–Kier alpha value is -2.35. The van der Waals surface area contributed by atoms with Crippen LogP contribution in [0, 0.1) is 0 Å². The van der Waals surface area contributed by atoms with Gasteiger partial charge in [-0.3, -0.25) is 0 Å². The van der Waals surface area contributed by atoms with Crippen LogP contribution in [0.15, 0.2) is 73.1 Å². The lowest BCUT2D eigenvalue weighted by atomic mass is 9.96. The van der Waals surface area contributed by atoms with E-state index in [1.54, 1.807) is 0 Å². The van der Waals surface area contributed by atoms with Gasteiger partial charge in [-0.2, -0.15) is 5.10 Å². The van der Waals surface area contributed by atoms with Crippen molar-refractivity contribution in [2.75, 3.05) is 0 Å². The van der Waals surface area contributed by atoms with Crippen molar-refractivity contribution in [3.05, 3.63) is 84.2 Å². The second-order valence-corrected chi connectivity index (χ2v) is 4.69. The van der Waals surface area contributed by atoms with E-state index in [1.165, 1.54) is 11.1 Å². The van der Waals surface area contributed by atoms with E-state index in [9.17, 15) is 0 Å². The predicted octanol–water partition coefficient (Wildman–Crippen LogP) is 4.02. The largest absolute Gasteiger partial charge is 0.241 e. The van der Waals surface area contributed by atoms with E-state index in [-0.39, 0.29) is 0 Å². The van der Waals surface area contributed by atoms with E-state index in [2.05, 4.69) is 54.6 Å². The zero-order valence-electron chi connectivity index (χ0n) is 10.9. The van der Waals surface area contributed by atoms with Crippen molar-refractivity contribution in [2.45, 2.75) is 12.8 Å². The van der Waals surface area contributed by atoms with Crippen LogP contribution in [0.3, 0.4) is 0 Å². The van der Waals surface area contributed by atoms with Crippen LogP contribution < -0.4 is 0 Å².